The summed E-state index contributed by atoms with van der Waals surface area (Å²) in [7, 11) is 1.64. The SMILES string of the molecule is CN(C(=O)CNc1ccc(F)cc1F)c1ccccc1. The third-order valence-corrected chi connectivity index (χ3v) is 2.88. The molecule has 0 aliphatic carbocycles. The Morgan fingerprint density at radius 2 is 1.85 bits per heavy atom. The molecule has 0 radical (unpaired) electrons. The van der Waals surface area contributed by atoms with E-state index in [9.17, 15) is 13.6 Å². The molecule has 0 heterocycles. The van der Waals surface area contributed by atoms with E-state index in [1.807, 2.05) is 18.2 Å². The van der Waals surface area contributed by atoms with Crippen molar-refractivity contribution in [3.8, 4) is 0 Å². The number of benzene rings is 2. The van der Waals surface area contributed by atoms with E-state index >= 15 is 0 Å². The summed E-state index contributed by atoms with van der Waals surface area (Å²) in [5.41, 5.74) is 0.847. The number of likely N-dealkylation sites (N-methyl/N-ethyl adjacent to an activating group) is 1. The number of halogens is 2. The summed E-state index contributed by atoms with van der Waals surface area (Å²) >= 11 is 0. The van der Waals surface area contributed by atoms with Crippen molar-refractivity contribution in [1.29, 1.82) is 0 Å². The van der Waals surface area contributed by atoms with Gasteiger partial charge in [-0.3, -0.25) is 4.79 Å². The number of hydrogen-bond acceptors (Lipinski definition) is 2. The lowest BCUT2D eigenvalue weighted by molar-refractivity contribution is -0.116. The number of anilines is 2. The molecular weight excluding hydrogens is 262 g/mol. The van der Waals surface area contributed by atoms with E-state index in [0.717, 1.165) is 17.8 Å². The van der Waals surface area contributed by atoms with Crippen molar-refractivity contribution in [2.45, 2.75) is 0 Å². The predicted octanol–water partition coefficient (Wildman–Crippen LogP) is 3.04. The fraction of sp³-hybridized carbons (Fsp3) is 0.133. The predicted molar refractivity (Wildman–Crippen MR) is 74.7 cm³/mol. The molecule has 2 aromatic rings. The van der Waals surface area contributed by atoms with E-state index in [-0.39, 0.29) is 18.1 Å². The number of amides is 1. The van der Waals surface area contributed by atoms with Crippen LogP contribution in [0.4, 0.5) is 20.2 Å². The van der Waals surface area contributed by atoms with E-state index in [4.69, 9.17) is 0 Å². The summed E-state index contributed by atoms with van der Waals surface area (Å²) in [4.78, 5) is 13.4. The Hall–Kier alpha value is -2.43. The third-order valence-electron chi connectivity index (χ3n) is 2.88. The summed E-state index contributed by atoms with van der Waals surface area (Å²) in [5.74, 6) is -1.60. The van der Waals surface area contributed by atoms with E-state index < -0.39 is 11.6 Å². The largest absolute Gasteiger partial charge is 0.374 e. The molecule has 0 bridgehead atoms. The van der Waals surface area contributed by atoms with Gasteiger partial charge in [0, 0.05) is 18.8 Å². The highest BCUT2D eigenvalue weighted by atomic mass is 19.1. The maximum atomic E-state index is 13.4. The van der Waals surface area contributed by atoms with E-state index in [1.54, 1.807) is 19.2 Å². The summed E-state index contributed by atoms with van der Waals surface area (Å²) in [6.07, 6.45) is 0. The number of carbonyl (C=O) groups is 1. The Bertz CT molecular complexity index is 602. The highest BCUT2D eigenvalue weighted by Crippen LogP contribution is 2.15. The maximum absolute atomic E-state index is 13.4. The third kappa shape index (κ3) is 3.32. The second-order valence-electron chi connectivity index (χ2n) is 4.27. The Morgan fingerprint density at radius 1 is 1.15 bits per heavy atom. The first kappa shape index (κ1) is 14.0. The minimum absolute atomic E-state index is 0.0754. The summed E-state index contributed by atoms with van der Waals surface area (Å²) in [5, 5.41) is 2.66. The zero-order chi connectivity index (χ0) is 14.5. The van der Waals surface area contributed by atoms with Gasteiger partial charge < -0.3 is 10.2 Å². The standard InChI is InChI=1S/C15H14F2N2O/c1-19(12-5-3-2-4-6-12)15(20)10-18-14-8-7-11(16)9-13(14)17/h2-9,18H,10H2,1H3. The van der Waals surface area contributed by atoms with Crippen LogP contribution in [0.15, 0.2) is 48.5 Å². The molecule has 3 nitrogen and oxygen atoms in total. The van der Waals surface area contributed by atoms with Crippen LogP contribution in [0.3, 0.4) is 0 Å². The zero-order valence-electron chi connectivity index (χ0n) is 10.9. The van der Waals surface area contributed by atoms with Crippen LogP contribution in [0.1, 0.15) is 0 Å². The molecule has 104 valence electrons. The second-order valence-corrected chi connectivity index (χ2v) is 4.27. The average molecular weight is 276 g/mol. The maximum Gasteiger partial charge on any atom is 0.246 e. The van der Waals surface area contributed by atoms with Crippen LogP contribution in [0.25, 0.3) is 0 Å². The molecule has 0 fully saturated rings. The van der Waals surface area contributed by atoms with Crippen LogP contribution in [0.5, 0.6) is 0 Å². The number of nitrogens with one attached hydrogen (secondary N) is 1. The summed E-state index contributed by atoms with van der Waals surface area (Å²) in [6.45, 7) is -0.0754. The first-order valence-electron chi connectivity index (χ1n) is 6.08. The molecule has 0 aliphatic heterocycles. The van der Waals surface area contributed by atoms with Crippen LogP contribution in [-0.2, 0) is 4.79 Å². The van der Waals surface area contributed by atoms with Crippen LogP contribution in [-0.4, -0.2) is 19.5 Å². The fourth-order valence-corrected chi connectivity index (χ4v) is 1.72. The zero-order valence-corrected chi connectivity index (χ0v) is 10.9. The summed E-state index contributed by atoms with van der Waals surface area (Å²) in [6, 6.07) is 12.3. The van der Waals surface area contributed by atoms with Gasteiger partial charge >= 0.3 is 0 Å². The quantitative estimate of drug-likeness (QED) is 0.931. The van der Waals surface area contributed by atoms with Crippen molar-refractivity contribution in [2.24, 2.45) is 0 Å². The van der Waals surface area contributed by atoms with Gasteiger partial charge in [0.05, 0.1) is 12.2 Å². The van der Waals surface area contributed by atoms with Crippen molar-refractivity contribution < 1.29 is 13.6 Å². The lowest BCUT2D eigenvalue weighted by atomic mass is 10.3. The van der Waals surface area contributed by atoms with Crippen molar-refractivity contribution in [2.75, 3.05) is 23.8 Å². The molecule has 1 amide bonds. The molecule has 0 saturated carbocycles. The van der Waals surface area contributed by atoms with Gasteiger partial charge in [0.25, 0.3) is 0 Å². The lowest BCUT2D eigenvalue weighted by Gasteiger charge is -2.18. The Balaban J connectivity index is 1.98. The Morgan fingerprint density at radius 3 is 2.50 bits per heavy atom. The van der Waals surface area contributed by atoms with Crippen LogP contribution in [0.2, 0.25) is 0 Å². The van der Waals surface area contributed by atoms with Crippen LogP contribution in [0, 0.1) is 11.6 Å². The Labute approximate surface area is 115 Å². The minimum atomic E-state index is -0.722. The lowest BCUT2D eigenvalue weighted by Crippen LogP contribution is -2.32. The molecule has 0 aliphatic rings. The highest BCUT2D eigenvalue weighted by molar-refractivity contribution is 5.95. The van der Waals surface area contributed by atoms with E-state index in [0.29, 0.717) is 0 Å². The van der Waals surface area contributed by atoms with E-state index in [2.05, 4.69) is 5.32 Å². The van der Waals surface area contributed by atoms with Gasteiger partial charge in [-0.25, -0.2) is 8.78 Å². The molecule has 5 heteroatoms. The number of rotatable bonds is 4. The molecule has 20 heavy (non-hydrogen) atoms. The number of para-hydroxylation sites is 1. The van der Waals surface area contributed by atoms with Gasteiger partial charge in [-0.1, -0.05) is 18.2 Å². The van der Waals surface area contributed by atoms with Crippen molar-refractivity contribution in [3.05, 3.63) is 60.2 Å². The fourth-order valence-electron chi connectivity index (χ4n) is 1.72. The molecule has 2 aromatic carbocycles. The topological polar surface area (TPSA) is 32.3 Å². The van der Waals surface area contributed by atoms with Gasteiger partial charge in [0.15, 0.2) is 0 Å². The van der Waals surface area contributed by atoms with Crippen LogP contribution >= 0.6 is 0 Å². The smallest absolute Gasteiger partial charge is 0.246 e. The van der Waals surface area contributed by atoms with Crippen molar-refractivity contribution in [1.82, 2.24) is 0 Å². The first-order chi connectivity index (χ1) is 9.58. The normalized spacial score (nSPS) is 10.2. The molecule has 1 N–H and O–H groups in total. The van der Waals surface area contributed by atoms with Gasteiger partial charge in [-0.05, 0) is 24.3 Å². The molecule has 0 atom stereocenters. The monoisotopic (exact) mass is 276 g/mol. The molecule has 2 rings (SSSR count). The average Bonchev–Trinajstić information content (AvgIpc) is 2.46. The van der Waals surface area contributed by atoms with Gasteiger partial charge in [-0.15, -0.1) is 0 Å². The van der Waals surface area contributed by atoms with Crippen molar-refractivity contribution in [3.63, 3.8) is 0 Å². The molecule has 0 aromatic heterocycles. The van der Waals surface area contributed by atoms with Gasteiger partial charge in [0.1, 0.15) is 11.6 Å². The molecule has 0 unspecified atom stereocenters. The summed E-state index contributed by atoms with van der Waals surface area (Å²) < 4.78 is 26.2. The van der Waals surface area contributed by atoms with Gasteiger partial charge in [-0.2, -0.15) is 0 Å². The first-order valence-corrected chi connectivity index (χ1v) is 6.08. The van der Waals surface area contributed by atoms with Crippen molar-refractivity contribution >= 4 is 17.3 Å². The molecule has 0 spiro atoms. The molecule has 0 saturated heterocycles. The van der Waals surface area contributed by atoms with Gasteiger partial charge in [0.2, 0.25) is 5.91 Å². The molecular formula is C15H14F2N2O. The highest BCUT2D eigenvalue weighted by Gasteiger charge is 2.11. The van der Waals surface area contributed by atoms with Crippen LogP contribution < -0.4 is 10.2 Å². The number of hydrogen-bond donors (Lipinski definition) is 1. The Kier molecular flexibility index (Phi) is 4.30. The van der Waals surface area contributed by atoms with E-state index in [1.165, 1.54) is 11.0 Å². The minimum Gasteiger partial charge on any atom is -0.374 e. The number of carbonyl (C=O) groups excluding carboxylic acids is 1. The second kappa shape index (κ2) is 6.14. The number of nitrogens with zero attached hydrogens (tertiary/aromatic N) is 1.